The molecule has 0 aliphatic carbocycles. The Morgan fingerprint density at radius 1 is 1.29 bits per heavy atom. The van der Waals surface area contributed by atoms with Gasteiger partial charge in [-0.2, -0.15) is 0 Å². The smallest absolute Gasteiger partial charge is 0.279 e. The maximum atomic E-state index is 12.2. The number of aryl methyl sites for hydroxylation is 1. The van der Waals surface area contributed by atoms with Crippen molar-refractivity contribution >= 4 is 55.9 Å². The van der Waals surface area contributed by atoms with Crippen molar-refractivity contribution in [3.05, 3.63) is 49.3 Å². The summed E-state index contributed by atoms with van der Waals surface area (Å²) in [7, 11) is -3.97. The molecule has 0 amide bonds. The molecule has 0 radical (unpaired) electrons. The lowest BCUT2D eigenvalue weighted by atomic mass is 10.2. The molecule has 0 bridgehead atoms. The van der Waals surface area contributed by atoms with Crippen molar-refractivity contribution in [1.29, 1.82) is 0 Å². The third kappa shape index (κ3) is 3.46. The van der Waals surface area contributed by atoms with E-state index in [4.69, 9.17) is 23.2 Å². The van der Waals surface area contributed by atoms with Gasteiger partial charge in [-0.15, -0.1) is 11.3 Å². The zero-order valence-corrected chi connectivity index (χ0v) is 13.6. The van der Waals surface area contributed by atoms with Crippen LogP contribution in [-0.4, -0.2) is 13.3 Å². The molecule has 0 atom stereocenters. The van der Waals surface area contributed by atoms with Crippen molar-refractivity contribution in [3.8, 4) is 0 Å². The molecule has 0 fully saturated rings. The highest BCUT2D eigenvalue weighted by molar-refractivity contribution is 7.94. The topological polar surface area (TPSA) is 89.3 Å². The third-order valence-electron chi connectivity index (χ3n) is 2.55. The minimum absolute atomic E-state index is 0.191. The first-order chi connectivity index (χ1) is 9.70. The molecule has 10 heteroatoms. The average molecular weight is 367 g/mol. The average Bonchev–Trinajstić information content (AvgIpc) is 2.77. The van der Waals surface area contributed by atoms with E-state index < -0.39 is 20.6 Å². The van der Waals surface area contributed by atoms with E-state index in [-0.39, 0.29) is 8.55 Å². The van der Waals surface area contributed by atoms with E-state index in [9.17, 15) is 18.5 Å². The lowest BCUT2D eigenvalue weighted by molar-refractivity contribution is -0.384. The second-order valence-corrected chi connectivity index (χ2v) is 8.05. The van der Waals surface area contributed by atoms with E-state index in [1.54, 1.807) is 19.1 Å². The molecule has 2 rings (SSSR count). The highest BCUT2D eigenvalue weighted by Crippen LogP contribution is 2.37. The molecule has 21 heavy (non-hydrogen) atoms. The SMILES string of the molecule is Cc1ccc(Cl)cc1NS(=O)(=O)c1cc([N+](=O)[O-])c(Cl)s1. The maximum absolute atomic E-state index is 12.2. The number of anilines is 1. The number of benzene rings is 1. The zero-order chi connectivity index (χ0) is 15.8. The number of rotatable bonds is 4. The summed E-state index contributed by atoms with van der Waals surface area (Å²) in [6, 6.07) is 5.67. The molecule has 0 aliphatic rings. The van der Waals surface area contributed by atoms with E-state index in [0.717, 1.165) is 6.07 Å². The number of sulfonamides is 1. The van der Waals surface area contributed by atoms with Gasteiger partial charge >= 0.3 is 0 Å². The molecule has 6 nitrogen and oxygen atoms in total. The summed E-state index contributed by atoms with van der Waals surface area (Å²) in [6.45, 7) is 1.71. The number of hydrogen-bond acceptors (Lipinski definition) is 5. The van der Waals surface area contributed by atoms with Gasteiger partial charge in [0.2, 0.25) is 0 Å². The van der Waals surface area contributed by atoms with Crippen molar-refractivity contribution < 1.29 is 13.3 Å². The van der Waals surface area contributed by atoms with Crippen molar-refractivity contribution in [2.75, 3.05) is 4.72 Å². The fourth-order valence-electron chi connectivity index (χ4n) is 1.49. The first-order valence-electron chi connectivity index (χ1n) is 5.43. The largest absolute Gasteiger partial charge is 0.300 e. The fourth-order valence-corrected chi connectivity index (χ4v) is 4.45. The van der Waals surface area contributed by atoms with Gasteiger partial charge in [0.05, 0.1) is 10.6 Å². The van der Waals surface area contributed by atoms with Crippen LogP contribution in [0.15, 0.2) is 28.5 Å². The van der Waals surface area contributed by atoms with Crippen LogP contribution in [0.1, 0.15) is 5.56 Å². The van der Waals surface area contributed by atoms with Crippen LogP contribution < -0.4 is 4.72 Å². The standard InChI is InChI=1S/C11H8Cl2N2O4S2/c1-6-2-3-7(12)4-8(6)14-21(18,19)10-5-9(15(16)17)11(13)20-10/h2-5,14H,1H3. The normalized spacial score (nSPS) is 11.4. The minimum atomic E-state index is -3.97. The molecule has 1 heterocycles. The summed E-state index contributed by atoms with van der Waals surface area (Å²) < 4.78 is 26.4. The Balaban J connectivity index is 2.41. The molecule has 0 saturated carbocycles. The van der Waals surface area contributed by atoms with Crippen LogP contribution in [0.3, 0.4) is 0 Å². The summed E-state index contributed by atoms with van der Waals surface area (Å²) in [5.74, 6) is 0. The van der Waals surface area contributed by atoms with Crippen molar-refractivity contribution in [2.24, 2.45) is 0 Å². The van der Waals surface area contributed by atoms with Gasteiger partial charge in [0.15, 0.2) is 4.34 Å². The Bertz CT molecular complexity index is 818. The molecular formula is C11H8Cl2N2O4S2. The van der Waals surface area contributed by atoms with Gasteiger partial charge < -0.3 is 0 Å². The second kappa shape index (κ2) is 5.80. The monoisotopic (exact) mass is 366 g/mol. The molecule has 2 aromatic rings. The van der Waals surface area contributed by atoms with E-state index in [1.165, 1.54) is 6.07 Å². The van der Waals surface area contributed by atoms with Crippen LogP contribution in [0.5, 0.6) is 0 Å². The van der Waals surface area contributed by atoms with Crippen LogP contribution in [0.25, 0.3) is 0 Å². The molecule has 112 valence electrons. The van der Waals surface area contributed by atoms with Crippen LogP contribution in [0.2, 0.25) is 9.36 Å². The number of nitrogens with one attached hydrogen (secondary N) is 1. The number of thiophene rings is 1. The van der Waals surface area contributed by atoms with Gasteiger partial charge in [0.1, 0.15) is 4.21 Å². The van der Waals surface area contributed by atoms with Crippen LogP contribution in [0, 0.1) is 17.0 Å². The van der Waals surface area contributed by atoms with E-state index in [2.05, 4.69) is 4.72 Å². The van der Waals surface area contributed by atoms with Gasteiger partial charge in [0, 0.05) is 11.1 Å². The molecule has 0 spiro atoms. The zero-order valence-electron chi connectivity index (χ0n) is 10.5. The first kappa shape index (κ1) is 16.0. The summed E-state index contributed by atoms with van der Waals surface area (Å²) >= 11 is 12.1. The second-order valence-electron chi connectivity index (χ2n) is 4.05. The predicted octanol–water partition coefficient (Wildman–Crippen LogP) is 4.07. The van der Waals surface area contributed by atoms with Gasteiger partial charge in [-0.1, -0.05) is 29.3 Å². The minimum Gasteiger partial charge on any atom is -0.279 e. The summed E-state index contributed by atoms with van der Waals surface area (Å²) in [6.07, 6.45) is 0. The van der Waals surface area contributed by atoms with Crippen molar-refractivity contribution in [2.45, 2.75) is 11.1 Å². The van der Waals surface area contributed by atoms with Crippen molar-refractivity contribution in [3.63, 3.8) is 0 Å². The highest BCUT2D eigenvalue weighted by atomic mass is 35.5. The highest BCUT2D eigenvalue weighted by Gasteiger charge is 2.25. The Morgan fingerprint density at radius 2 is 1.95 bits per heavy atom. The molecule has 0 unspecified atom stereocenters. The molecule has 0 aliphatic heterocycles. The molecule has 0 saturated heterocycles. The number of nitrogens with zero attached hydrogens (tertiary/aromatic N) is 1. The Labute approximate surface area is 134 Å². The fraction of sp³-hybridized carbons (Fsp3) is 0.0909. The van der Waals surface area contributed by atoms with E-state index in [0.29, 0.717) is 27.6 Å². The van der Waals surface area contributed by atoms with Crippen molar-refractivity contribution in [1.82, 2.24) is 0 Å². The van der Waals surface area contributed by atoms with Crippen LogP contribution in [0.4, 0.5) is 11.4 Å². The quantitative estimate of drug-likeness (QED) is 0.652. The summed E-state index contributed by atoms with van der Waals surface area (Å²) in [5.41, 5.74) is 0.527. The number of hydrogen-bond donors (Lipinski definition) is 1. The van der Waals surface area contributed by atoms with Gasteiger partial charge in [0.25, 0.3) is 15.7 Å². The lowest BCUT2D eigenvalue weighted by Crippen LogP contribution is -2.12. The predicted molar refractivity (Wildman–Crippen MR) is 83.0 cm³/mol. The molecule has 1 N–H and O–H groups in total. The van der Waals surface area contributed by atoms with E-state index in [1.807, 2.05) is 0 Å². The lowest BCUT2D eigenvalue weighted by Gasteiger charge is -2.09. The number of nitro groups is 1. The molecule has 1 aromatic carbocycles. The third-order valence-corrected chi connectivity index (χ3v) is 5.96. The molecular weight excluding hydrogens is 359 g/mol. The molecule has 1 aromatic heterocycles. The Morgan fingerprint density at radius 3 is 2.52 bits per heavy atom. The van der Waals surface area contributed by atoms with Gasteiger partial charge in [-0.3, -0.25) is 14.8 Å². The van der Waals surface area contributed by atoms with Crippen LogP contribution in [-0.2, 0) is 10.0 Å². The number of halogens is 2. The summed E-state index contributed by atoms with van der Waals surface area (Å²) in [5, 5.41) is 11.1. The Hall–Kier alpha value is -1.35. The maximum Gasteiger partial charge on any atom is 0.300 e. The van der Waals surface area contributed by atoms with Crippen LogP contribution >= 0.6 is 34.5 Å². The Kier molecular flexibility index (Phi) is 4.43. The van der Waals surface area contributed by atoms with E-state index >= 15 is 0 Å². The first-order valence-corrected chi connectivity index (χ1v) is 8.49. The van der Waals surface area contributed by atoms with Gasteiger partial charge in [-0.05, 0) is 24.6 Å². The summed E-state index contributed by atoms with van der Waals surface area (Å²) in [4.78, 5) is 9.98. The van der Waals surface area contributed by atoms with Gasteiger partial charge in [-0.25, -0.2) is 8.42 Å².